The lowest BCUT2D eigenvalue weighted by atomic mass is 10.3. The maximum atomic E-state index is 12.3. The van der Waals surface area contributed by atoms with Crippen LogP contribution >= 0.6 is 0 Å². The summed E-state index contributed by atoms with van der Waals surface area (Å²) in [5.74, 6) is 5.69. The number of aromatic nitrogens is 1. The zero-order chi connectivity index (χ0) is 12.5. The number of nitrogens with zero attached hydrogens (tertiary/aromatic N) is 2. The minimum atomic E-state index is -3.39. The molecule has 2 heterocycles. The van der Waals surface area contributed by atoms with Gasteiger partial charge in [0.15, 0.2) is 0 Å². The van der Waals surface area contributed by atoms with Crippen LogP contribution in [0.25, 0.3) is 0 Å². The van der Waals surface area contributed by atoms with Gasteiger partial charge in [-0.25, -0.2) is 19.2 Å². The van der Waals surface area contributed by atoms with Gasteiger partial charge in [0.25, 0.3) is 0 Å². The number of anilines is 1. The van der Waals surface area contributed by atoms with E-state index in [4.69, 9.17) is 5.84 Å². The van der Waals surface area contributed by atoms with E-state index in [1.165, 1.54) is 10.5 Å². The number of hydrogen-bond donors (Lipinski definition) is 2. The van der Waals surface area contributed by atoms with Crippen LogP contribution in [-0.2, 0) is 10.0 Å². The van der Waals surface area contributed by atoms with Gasteiger partial charge >= 0.3 is 0 Å². The zero-order valence-electron chi connectivity index (χ0n) is 9.68. The summed E-state index contributed by atoms with van der Waals surface area (Å²) in [4.78, 5) is 4.22. The molecule has 0 spiro atoms. The minimum Gasteiger partial charge on any atom is -0.308 e. The largest absolute Gasteiger partial charge is 0.308 e. The molecule has 2 rings (SSSR count). The smallest absolute Gasteiger partial charge is 0.244 e. The van der Waals surface area contributed by atoms with Crippen molar-refractivity contribution in [1.82, 2.24) is 9.29 Å². The van der Waals surface area contributed by atoms with Crippen LogP contribution in [-0.4, -0.2) is 30.8 Å². The van der Waals surface area contributed by atoms with Gasteiger partial charge in [-0.3, -0.25) is 0 Å². The second-order valence-corrected chi connectivity index (χ2v) is 6.00. The monoisotopic (exact) mass is 256 g/mol. The highest BCUT2D eigenvalue weighted by molar-refractivity contribution is 7.89. The molecule has 6 nitrogen and oxygen atoms in total. The lowest BCUT2D eigenvalue weighted by molar-refractivity contribution is 0.476. The Morgan fingerprint density at radius 3 is 2.59 bits per heavy atom. The van der Waals surface area contributed by atoms with Crippen LogP contribution < -0.4 is 11.3 Å². The molecule has 7 heteroatoms. The molecule has 1 aromatic heterocycles. The summed E-state index contributed by atoms with van der Waals surface area (Å²) in [7, 11) is -3.39. The van der Waals surface area contributed by atoms with Crippen molar-refractivity contribution in [3.05, 3.63) is 17.8 Å². The first-order chi connectivity index (χ1) is 8.05. The lowest BCUT2D eigenvalue weighted by Gasteiger charge is -2.17. The highest BCUT2D eigenvalue weighted by Crippen LogP contribution is 2.23. The van der Waals surface area contributed by atoms with E-state index in [9.17, 15) is 8.42 Å². The Bertz CT molecular complexity index is 509. The summed E-state index contributed by atoms with van der Waals surface area (Å²) < 4.78 is 26.1. The average Bonchev–Trinajstić information content (AvgIpc) is 2.82. The molecule has 0 saturated carbocycles. The van der Waals surface area contributed by atoms with Gasteiger partial charge in [0.1, 0.15) is 10.7 Å². The number of nitrogens with one attached hydrogen (secondary N) is 1. The molecule has 1 fully saturated rings. The third-order valence-electron chi connectivity index (χ3n) is 2.89. The summed E-state index contributed by atoms with van der Waals surface area (Å²) >= 11 is 0. The van der Waals surface area contributed by atoms with Crippen molar-refractivity contribution in [2.24, 2.45) is 5.84 Å². The first-order valence-electron chi connectivity index (χ1n) is 5.49. The van der Waals surface area contributed by atoms with E-state index in [2.05, 4.69) is 10.4 Å². The molecule has 3 N–H and O–H groups in total. The Balaban J connectivity index is 2.39. The van der Waals surface area contributed by atoms with Gasteiger partial charge < -0.3 is 5.43 Å². The third kappa shape index (κ3) is 2.26. The van der Waals surface area contributed by atoms with Crippen LogP contribution in [0.1, 0.15) is 18.4 Å². The van der Waals surface area contributed by atoms with E-state index >= 15 is 0 Å². The molecule has 1 aromatic rings. The van der Waals surface area contributed by atoms with Crippen LogP contribution in [0.4, 0.5) is 5.82 Å². The Hall–Kier alpha value is -1.18. The van der Waals surface area contributed by atoms with Crippen molar-refractivity contribution in [2.45, 2.75) is 24.7 Å². The zero-order valence-corrected chi connectivity index (χ0v) is 10.5. The fraction of sp³-hybridized carbons (Fsp3) is 0.500. The number of aryl methyl sites for hydroxylation is 1. The molecule has 0 aromatic carbocycles. The van der Waals surface area contributed by atoms with E-state index in [1.807, 2.05) is 0 Å². The molecule has 1 aliphatic heterocycles. The number of sulfonamides is 1. The second-order valence-electron chi connectivity index (χ2n) is 4.09. The van der Waals surface area contributed by atoms with Crippen molar-refractivity contribution in [2.75, 3.05) is 18.5 Å². The predicted octanol–water partition coefficient (Wildman–Crippen LogP) is 0.460. The Labute approximate surface area is 101 Å². The Kier molecular flexibility index (Phi) is 3.32. The fourth-order valence-corrected chi connectivity index (χ4v) is 3.63. The number of hydrazine groups is 1. The fourth-order valence-electron chi connectivity index (χ4n) is 1.96. The molecular weight excluding hydrogens is 240 g/mol. The maximum Gasteiger partial charge on any atom is 0.244 e. The van der Waals surface area contributed by atoms with Crippen LogP contribution in [0.3, 0.4) is 0 Å². The molecule has 0 amide bonds. The van der Waals surface area contributed by atoms with Crippen molar-refractivity contribution >= 4 is 15.8 Å². The van der Waals surface area contributed by atoms with Crippen molar-refractivity contribution in [1.29, 1.82) is 0 Å². The van der Waals surface area contributed by atoms with Crippen LogP contribution in [0, 0.1) is 6.92 Å². The number of nitrogens with two attached hydrogens (primary N) is 1. The quantitative estimate of drug-likeness (QED) is 0.606. The molecule has 0 aliphatic carbocycles. The topological polar surface area (TPSA) is 88.3 Å². The van der Waals surface area contributed by atoms with Crippen LogP contribution in [0.2, 0.25) is 0 Å². The second kappa shape index (κ2) is 4.59. The number of pyridine rings is 1. The van der Waals surface area contributed by atoms with Crippen molar-refractivity contribution < 1.29 is 8.42 Å². The molecule has 0 unspecified atom stereocenters. The van der Waals surface area contributed by atoms with Gasteiger partial charge in [0.2, 0.25) is 10.0 Å². The van der Waals surface area contributed by atoms with E-state index in [1.54, 1.807) is 13.0 Å². The molecular formula is C10H16N4O2S. The predicted molar refractivity (Wildman–Crippen MR) is 64.8 cm³/mol. The average molecular weight is 256 g/mol. The van der Waals surface area contributed by atoms with Gasteiger partial charge in [-0.1, -0.05) is 0 Å². The molecule has 0 bridgehead atoms. The Morgan fingerprint density at radius 2 is 2.06 bits per heavy atom. The van der Waals surface area contributed by atoms with Crippen molar-refractivity contribution in [3.63, 3.8) is 0 Å². The summed E-state index contributed by atoms with van der Waals surface area (Å²) in [6, 6.07) is 1.63. The number of hydrogen-bond acceptors (Lipinski definition) is 5. The van der Waals surface area contributed by atoms with Crippen molar-refractivity contribution in [3.8, 4) is 0 Å². The molecule has 0 radical (unpaired) electrons. The van der Waals surface area contributed by atoms with E-state index < -0.39 is 10.0 Å². The van der Waals surface area contributed by atoms with E-state index in [0.717, 1.165) is 12.8 Å². The van der Waals surface area contributed by atoms with Gasteiger partial charge in [-0.15, -0.1) is 0 Å². The molecule has 94 valence electrons. The maximum absolute atomic E-state index is 12.3. The summed E-state index contributed by atoms with van der Waals surface area (Å²) in [5, 5.41) is 0. The van der Waals surface area contributed by atoms with Crippen LogP contribution in [0.5, 0.6) is 0 Å². The molecule has 1 saturated heterocycles. The van der Waals surface area contributed by atoms with Gasteiger partial charge in [-0.05, 0) is 31.4 Å². The summed E-state index contributed by atoms with van der Waals surface area (Å²) in [6.45, 7) is 2.93. The SMILES string of the molecule is Cc1cc(NN)ncc1S(=O)(=O)N1CCCC1. The van der Waals surface area contributed by atoms with E-state index in [0.29, 0.717) is 24.5 Å². The summed E-state index contributed by atoms with van der Waals surface area (Å²) in [6.07, 6.45) is 3.21. The number of nitrogen functional groups attached to an aromatic ring is 1. The molecule has 17 heavy (non-hydrogen) atoms. The van der Waals surface area contributed by atoms with Gasteiger partial charge in [0.05, 0.1) is 0 Å². The lowest BCUT2D eigenvalue weighted by Crippen LogP contribution is -2.28. The van der Waals surface area contributed by atoms with E-state index in [-0.39, 0.29) is 4.90 Å². The van der Waals surface area contributed by atoms with Crippen LogP contribution in [0.15, 0.2) is 17.2 Å². The first kappa shape index (κ1) is 12.3. The first-order valence-corrected chi connectivity index (χ1v) is 6.93. The highest BCUT2D eigenvalue weighted by Gasteiger charge is 2.28. The van der Waals surface area contributed by atoms with Gasteiger partial charge in [0, 0.05) is 19.3 Å². The normalized spacial score (nSPS) is 17.3. The standard InChI is InChI=1S/C10H16N4O2S/c1-8-6-10(13-11)12-7-9(8)17(15,16)14-4-2-3-5-14/h6-7H,2-5,11H2,1H3,(H,12,13). The minimum absolute atomic E-state index is 0.262. The molecule has 1 aliphatic rings. The highest BCUT2D eigenvalue weighted by atomic mass is 32.2. The third-order valence-corrected chi connectivity index (χ3v) is 4.92. The number of rotatable bonds is 3. The van der Waals surface area contributed by atoms with Gasteiger partial charge in [-0.2, -0.15) is 4.31 Å². The summed E-state index contributed by atoms with van der Waals surface area (Å²) in [5.41, 5.74) is 3.05. The molecule has 0 atom stereocenters. The Morgan fingerprint density at radius 1 is 1.41 bits per heavy atom.